The Bertz CT molecular complexity index is 406. The van der Waals surface area contributed by atoms with Crippen molar-refractivity contribution in [2.45, 2.75) is 12.8 Å². The third-order valence-electron chi connectivity index (χ3n) is 3.20. The van der Waals surface area contributed by atoms with Gasteiger partial charge >= 0.3 is 5.97 Å². The van der Waals surface area contributed by atoms with E-state index in [0.717, 1.165) is 17.8 Å². The molecule has 0 bridgehead atoms. The number of rotatable bonds is 3. The summed E-state index contributed by atoms with van der Waals surface area (Å²) in [6.45, 7) is 3.69. The number of hydrogen-bond donors (Lipinski definition) is 2. The molecule has 4 heteroatoms. The molecule has 1 heterocycles. The van der Waals surface area contributed by atoms with E-state index in [1.165, 1.54) is 0 Å². The lowest BCUT2D eigenvalue weighted by Crippen LogP contribution is -2.24. The second-order valence-electron chi connectivity index (χ2n) is 4.25. The van der Waals surface area contributed by atoms with Crippen molar-refractivity contribution >= 4 is 11.7 Å². The number of nitrogens with one attached hydrogen (secondary N) is 1. The van der Waals surface area contributed by atoms with Crippen LogP contribution in [0.1, 0.15) is 18.4 Å². The predicted molar refractivity (Wildman–Crippen MR) is 66.6 cm³/mol. The molecule has 92 valence electrons. The molecule has 2 atom stereocenters. The fraction of sp³-hybridized carbons (Fsp3) is 0.462. The summed E-state index contributed by atoms with van der Waals surface area (Å²) in [5, 5.41) is 3.23. The van der Waals surface area contributed by atoms with Crippen molar-refractivity contribution in [3.63, 3.8) is 0 Å². The molecule has 1 aromatic carbocycles. The number of para-hydroxylation sites is 1. The third kappa shape index (κ3) is 2.42. The summed E-state index contributed by atoms with van der Waals surface area (Å²) in [6.07, 6.45) is 0. The molecule has 2 rings (SSSR count). The maximum Gasteiger partial charge on any atom is 0.310 e. The fourth-order valence-electron chi connectivity index (χ4n) is 2.35. The predicted octanol–water partition coefficient (Wildman–Crippen LogP) is 1.13. The van der Waals surface area contributed by atoms with E-state index < -0.39 is 0 Å². The van der Waals surface area contributed by atoms with Crippen LogP contribution in [-0.2, 0) is 9.53 Å². The number of hydrogen-bond acceptors (Lipinski definition) is 4. The molecule has 0 aromatic heterocycles. The van der Waals surface area contributed by atoms with Gasteiger partial charge in [0.1, 0.15) is 0 Å². The zero-order valence-corrected chi connectivity index (χ0v) is 9.98. The van der Waals surface area contributed by atoms with Crippen molar-refractivity contribution in [3.05, 3.63) is 29.8 Å². The molecular weight excluding hydrogens is 216 g/mol. The Labute approximate surface area is 101 Å². The maximum absolute atomic E-state index is 11.8. The number of ether oxygens (including phenoxy) is 1. The minimum absolute atomic E-state index is 0.121. The lowest BCUT2D eigenvalue weighted by molar-refractivity contribution is -0.147. The van der Waals surface area contributed by atoms with E-state index in [4.69, 9.17) is 10.5 Å². The van der Waals surface area contributed by atoms with Crippen molar-refractivity contribution in [1.82, 2.24) is 5.32 Å². The van der Waals surface area contributed by atoms with E-state index in [2.05, 4.69) is 5.32 Å². The monoisotopic (exact) mass is 234 g/mol. The fourth-order valence-corrected chi connectivity index (χ4v) is 2.35. The van der Waals surface area contributed by atoms with E-state index in [-0.39, 0.29) is 17.8 Å². The van der Waals surface area contributed by atoms with Crippen molar-refractivity contribution in [2.75, 3.05) is 25.4 Å². The number of carbonyl (C=O) groups is 1. The SMILES string of the molecule is CCOC(=O)[C@@H]1CNC[C@H]1c1ccccc1N. The number of benzene rings is 1. The summed E-state index contributed by atoms with van der Waals surface area (Å²) < 4.78 is 5.10. The largest absolute Gasteiger partial charge is 0.466 e. The molecule has 0 unspecified atom stereocenters. The highest BCUT2D eigenvalue weighted by Gasteiger charge is 2.35. The molecule has 0 radical (unpaired) electrons. The summed E-state index contributed by atoms with van der Waals surface area (Å²) in [5.74, 6) is -0.138. The Balaban J connectivity index is 2.20. The van der Waals surface area contributed by atoms with Gasteiger partial charge < -0.3 is 15.8 Å². The van der Waals surface area contributed by atoms with Gasteiger partial charge in [-0.25, -0.2) is 0 Å². The molecule has 1 aliphatic rings. The summed E-state index contributed by atoms with van der Waals surface area (Å²) in [6, 6.07) is 7.71. The van der Waals surface area contributed by atoms with Crippen LogP contribution in [-0.4, -0.2) is 25.7 Å². The molecule has 0 amide bonds. The summed E-state index contributed by atoms with van der Waals surface area (Å²) in [5.41, 5.74) is 7.74. The second-order valence-corrected chi connectivity index (χ2v) is 4.25. The summed E-state index contributed by atoms with van der Waals surface area (Å²) >= 11 is 0. The first-order chi connectivity index (χ1) is 8.24. The molecule has 4 nitrogen and oxygen atoms in total. The molecule has 17 heavy (non-hydrogen) atoms. The van der Waals surface area contributed by atoms with Gasteiger partial charge in [-0.2, -0.15) is 0 Å². The van der Waals surface area contributed by atoms with E-state index in [0.29, 0.717) is 13.2 Å². The quantitative estimate of drug-likeness (QED) is 0.608. The van der Waals surface area contributed by atoms with Crippen LogP contribution in [0.3, 0.4) is 0 Å². The molecule has 0 aliphatic carbocycles. The standard InChI is InChI=1S/C13H18N2O2/c1-2-17-13(16)11-8-15-7-10(11)9-5-3-4-6-12(9)14/h3-6,10-11,15H,2,7-8,14H2,1H3/t10-,11+/m0/s1. The molecule has 0 spiro atoms. The van der Waals surface area contributed by atoms with Gasteiger partial charge in [0.15, 0.2) is 0 Å². The maximum atomic E-state index is 11.8. The highest BCUT2D eigenvalue weighted by Crippen LogP contribution is 2.32. The first-order valence-electron chi connectivity index (χ1n) is 5.95. The number of esters is 1. The summed E-state index contributed by atoms with van der Waals surface area (Å²) in [7, 11) is 0. The molecule has 1 saturated heterocycles. The van der Waals surface area contributed by atoms with Gasteiger partial charge in [0, 0.05) is 24.7 Å². The highest BCUT2D eigenvalue weighted by atomic mass is 16.5. The zero-order valence-electron chi connectivity index (χ0n) is 9.98. The van der Waals surface area contributed by atoms with Crippen molar-refractivity contribution in [3.8, 4) is 0 Å². The van der Waals surface area contributed by atoms with Gasteiger partial charge in [0.25, 0.3) is 0 Å². The van der Waals surface area contributed by atoms with E-state index in [1.807, 2.05) is 31.2 Å². The average molecular weight is 234 g/mol. The van der Waals surface area contributed by atoms with Crippen molar-refractivity contribution in [2.24, 2.45) is 5.92 Å². The number of carbonyl (C=O) groups excluding carboxylic acids is 1. The number of anilines is 1. The van der Waals surface area contributed by atoms with Gasteiger partial charge in [0.05, 0.1) is 12.5 Å². The Kier molecular flexibility index (Phi) is 3.64. The lowest BCUT2D eigenvalue weighted by Gasteiger charge is -2.18. The zero-order chi connectivity index (χ0) is 12.3. The van der Waals surface area contributed by atoms with Crippen LogP contribution in [0.4, 0.5) is 5.69 Å². The van der Waals surface area contributed by atoms with Crippen LogP contribution in [0, 0.1) is 5.92 Å². The average Bonchev–Trinajstić information content (AvgIpc) is 2.79. The van der Waals surface area contributed by atoms with Crippen LogP contribution >= 0.6 is 0 Å². The van der Waals surface area contributed by atoms with Crippen LogP contribution < -0.4 is 11.1 Å². The third-order valence-corrected chi connectivity index (χ3v) is 3.20. The normalized spacial score (nSPS) is 23.6. The smallest absolute Gasteiger partial charge is 0.310 e. The number of nitrogen functional groups attached to an aromatic ring is 1. The Morgan fingerprint density at radius 3 is 2.94 bits per heavy atom. The Hall–Kier alpha value is -1.55. The minimum Gasteiger partial charge on any atom is -0.466 e. The first kappa shape index (κ1) is 11.9. The van der Waals surface area contributed by atoms with Crippen LogP contribution in [0.5, 0.6) is 0 Å². The van der Waals surface area contributed by atoms with Crippen molar-refractivity contribution < 1.29 is 9.53 Å². The Morgan fingerprint density at radius 1 is 1.47 bits per heavy atom. The molecule has 0 saturated carbocycles. The van der Waals surface area contributed by atoms with E-state index in [9.17, 15) is 4.79 Å². The molecule has 3 N–H and O–H groups in total. The van der Waals surface area contributed by atoms with E-state index in [1.54, 1.807) is 0 Å². The van der Waals surface area contributed by atoms with Crippen LogP contribution in [0.15, 0.2) is 24.3 Å². The molecule has 1 aliphatic heterocycles. The topological polar surface area (TPSA) is 64.3 Å². The lowest BCUT2D eigenvalue weighted by atomic mass is 9.88. The second kappa shape index (κ2) is 5.19. The first-order valence-corrected chi connectivity index (χ1v) is 5.95. The van der Waals surface area contributed by atoms with Gasteiger partial charge in [-0.05, 0) is 18.6 Å². The molecular formula is C13H18N2O2. The van der Waals surface area contributed by atoms with Gasteiger partial charge in [-0.15, -0.1) is 0 Å². The summed E-state index contributed by atoms with van der Waals surface area (Å²) in [4.78, 5) is 11.8. The molecule has 1 aromatic rings. The Morgan fingerprint density at radius 2 is 2.24 bits per heavy atom. The van der Waals surface area contributed by atoms with Crippen LogP contribution in [0.25, 0.3) is 0 Å². The van der Waals surface area contributed by atoms with Crippen LogP contribution in [0.2, 0.25) is 0 Å². The number of nitrogens with two attached hydrogens (primary N) is 1. The van der Waals surface area contributed by atoms with Gasteiger partial charge in [-0.3, -0.25) is 4.79 Å². The minimum atomic E-state index is -0.134. The molecule has 1 fully saturated rings. The van der Waals surface area contributed by atoms with Gasteiger partial charge in [-0.1, -0.05) is 18.2 Å². The highest BCUT2D eigenvalue weighted by molar-refractivity contribution is 5.75. The van der Waals surface area contributed by atoms with Gasteiger partial charge in [0.2, 0.25) is 0 Å². The van der Waals surface area contributed by atoms with Crippen molar-refractivity contribution in [1.29, 1.82) is 0 Å². The van der Waals surface area contributed by atoms with E-state index >= 15 is 0 Å².